The summed E-state index contributed by atoms with van der Waals surface area (Å²) >= 11 is 0. The molecule has 1 heterocycles. The van der Waals surface area contributed by atoms with Gasteiger partial charge >= 0.3 is 0 Å². The van der Waals surface area contributed by atoms with Gasteiger partial charge in [-0.15, -0.1) is 0 Å². The molecule has 0 saturated carbocycles. The fourth-order valence-electron chi connectivity index (χ4n) is 1.14. The summed E-state index contributed by atoms with van der Waals surface area (Å²) in [4.78, 5) is 3.62. The molecule has 0 amide bonds. The van der Waals surface area contributed by atoms with Crippen molar-refractivity contribution in [2.75, 3.05) is 14.1 Å². The van der Waals surface area contributed by atoms with E-state index in [4.69, 9.17) is 5.73 Å². The zero-order valence-corrected chi connectivity index (χ0v) is 9.52. The maximum absolute atomic E-state index is 6.13. The molecule has 0 saturated heterocycles. The summed E-state index contributed by atoms with van der Waals surface area (Å²) in [6.07, 6.45) is 1.72. The van der Waals surface area contributed by atoms with Gasteiger partial charge in [-0.25, -0.2) is 0 Å². The Hall–Kier alpha value is -0.940. The minimum Gasteiger partial charge on any atom is -0.321 e. The quantitative estimate of drug-likeness (QED) is 0.749. The monoisotopic (exact) mass is 197 g/mol. The summed E-state index contributed by atoms with van der Waals surface area (Å²) in [5.74, 6) is 0. The molecule has 2 N–H and O–H groups in total. The maximum atomic E-state index is 6.13. The molecule has 0 aliphatic rings. The van der Waals surface area contributed by atoms with Crippen LogP contribution in [0.15, 0.2) is 6.20 Å². The lowest BCUT2D eigenvalue weighted by atomic mass is 9.92. The van der Waals surface area contributed by atoms with Gasteiger partial charge in [-0.05, 0) is 27.9 Å². The van der Waals surface area contributed by atoms with Crippen LogP contribution in [0.5, 0.6) is 0 Å². The number of aryl methyl sites for hydroxylation is 1. The molecule has 5 heteroatoms. The van der Waals surface area contributed by atoms with Gasteiger partial charge in [0.2, 0.25) is 0 Å². The van der Waals surface area contributed by atoms with Gasteiger partial charge in [-0.1, -0.05) is 0 Å². The molecule has 0 spiro atoms. The van der Waals surface area contributed by atoms with Gasteiger partial charge in [0.15, 0.2) is 0 Å². The van der Waals surface area contributed by atoms with E-state index in [0.29, 0.717) is 0 Å². The molecule has 0 aliphatic heterocycles. The molecule has 1 aromatic heterocycles. The van der Waals surface area contributed by atoms with E-state index in [2.05, 4.69) is 28.9 Å². The maximum Gasteiger partial charge on any atom is 0.101 e. The van der Waals surface area contributed by atoms with E-state index in [0.717, 1.165) is 5.69 Å². The summed E-state index contributed by atoms with van der Waals surface area (Å²) in [5.41, 5.74) is 6.83. The van der Waals surface area contributed by atoms with Crippen molar-refractivity contribution in [2.24, 2.45) is 12.8 Å². The molecule has 0 fully saturated rings. The van der Waals surface area contributed by atoms with Gasteiger partial charge in [0, 0.05) is 12.6 Å². The molecule has 1 aromatic rings. The number of nitrogens with two attached hydrogens (primary N) is 1. The number of rotatable bonds is 3. The second-order valence-electron chi connectivity index (χ2n) is 4.28. The van der Waals surface area contributed by atoms with Crippen LogP contribution in [-0.2, 0) is 7.05 Å². The smallest absolute Gasteiger partial charge is 0.101 e. The Labute approximate surface area is 84.9 Å². The zero-order valence-electron chi connectivity index (χ0n) is 9.52. The van der Waals surface area contributed by atoms with Gasteiger partial charge < -0.3 is 10.6 Å². The number of nitrogens with zero attached hydrogens (tertiary/aromatic N) is 4. The molecule has 80 valence electrons. The van der Waals surface area contributed by atoms with Crippen LogP contribution in [0.2, 0.25) is 0 Å². The molecule has 1 rings (SSSR count). The van der Waals surface area contributed by atoms with E-state index in [1.165, 1.54) is 4.80 Å². The first-order chi connectivity index (χ1) is 6.35. The molecule has 1 atom stereocenters. The van der Waals surface area contributed by atoms with E-state index < -0.39 is 0 Å². The van der Waals surface area contributed by atoms with Crippen LogP contribution in [0, 0.1) is 0 Å². The van der Waals surface area contributed by atoms with Crippen molar-refractivity contribution in [1.29, 1.82) is 0 Å². The van der Waals surface area contributed by atoms with Gasteiger partial charge in [0.05, 0.1) is 12.2 Å². The Morgan fingerprint density at radius 2 is 2.07 bits per heavy atom. The fourth-order valence-corrected chi connectivity index (χ4v) is 1.14. The minimum atomic E-state index is -0.133. The highest BCUT2D eigenvalue weighted by Crippen LogP contribution is 2.25. The number of likely N-dealkylation sites (N-methyl/N-ethyl adjacent to an activating group) is 1. The predicted octanol–water partition coefficient (Wildman–Crippen LogP) is 0.155. The highest BCUT2D eigenvalue weighted by Gasteiger charge is 2.31. The summed E-state index contributed by atoms with van der Waals surface area (Å²) < 4.78 is 0. The minimum absolute atomic E-state index is 0.129. The highest BCUT2D eigenvalue weighted by atomic mass is 15.5. The first-order valence-corrected chi connectivity index (χ1v) is 4.65. The highest BCUT2D eigenvalue weighted by molar-refractivity contribution is 5.07. The summed E-state index contributed by atoms with van der Waals surface area (Å²) in [5, 5.41) is 8.23. The molecule has 0 aromatic carbocycles. The average molecular weight is 197 g/mol. The van der Waals surface area contributed by atoms with Gasteiger partial charge in [-0.2, -0.15) is 15.0 Å². The van der Waals surface area contributed by atoms with Crippen LogP contribution < -0.4 is 5.73 Å². The zero-order chi connectivity index (χ0) is 10.9. The lowest BCUT2D eigenvalue weighted by molar-refractivity contribution is 0.156. The van der Waals surface area contributed by atoms with Crippen molar-refractivity contribution in [2.45, 2.75) is 25.4 Å². The third-order valence-corrected chi connectivity index (χ3v) is 2.85. The average Bonchev–Trinajstić information content (AvgIpc) is 2.50. The van der Waals surface area contributed by atoms with E-state index in [1.807, 2.05) is 14.1 Å². The van der Waals surface area contributed by atoms with Crippen LogP contribution in [0.3, 0.4) is 0 Å². The van der Waals surface area contributed by atoms with E-state index in [1.54, 1.807) is 13.2 Å². The molecular formula is C9H19N5. The van der Waals surface area contributed by atoms with Gasteiger partial charge in [0.25, 0.3) is 0 Å². The van der Waals surface area contributed by atoms with Crippen LogP contribution in [0.1, 0.15) is 25.6 Å². The Morgan fingerprint density at radius 3 is 2.43 bits per heavy atom. The predicted molar refractivity (Wildman–Crippen MR) is 55.7 cm³/mol. The summed E-state index contributed by atoms with van der Waals surface area (Å²) in [6, 6.07) is -0.133. The summed E-state index contributed by atoms with van der Waals surface area (Å²) in [7, 11) is 5.81. The Balaban J connectivity index is 2.89. The normalized spacial score (nSPS) is 14.8. The SMILES string of the molecule is CN(C)C(C)(C)C(N)c1cnn(C)n1. The van der Waals surface area contributed by atoms with Crippen molar-refractivity contribution in [3.05, 3.63) is 11.9 Å². The molecule has 14 heavy (non-hydrogen) atoms. The first-order valence-electron chi connectivity index (χ1n) is 4.65. The van der Waals surface area contributed by atoms with Crippen LogP contribution >= 0.6 is 0 Å². The van der Waals surface area contributed by atoms with Gasteiger partial charge in [-0.3, -0.25) is 0 Å². The third kappa shape index (κ3) is 1.93. The molecule has 0 radical (unpaired) electrons. The molecule has 0 aliphatic carbocycles. The van der Waals surface area contributed by atoms with Crippen LogP contribution in [0.4, 0.5) is 0 Å². The van der Waals surface area contributed by atoms with Gasteiger partial charge in [0.1, 0.15) is 5.69 Å². The van der Waals surface area contributed by atoms with E-state index in [-0.39, 0.29) is 11.6 Å². The van der Waals surface area contributed by atoms with Crippen LogP contribution in [-0.4, -0.2) is 39.5 Å². The van der Waals surface area contributed by atoms with Crippen molar-refractivity contribution >= 4 is 0 Å². The topological polar surface area (TPSA) is 60.0 Å². The van der Waals surface area contributed by atoms with Crippen molar-refractivity contribution < 1.29 is 0 Å². The number of aromatic nitrogens is 3. The first kappa shape index (κ1) is 11.1. The van der Waals surface area contributed by atoms with E-state index in [9.17, 15) is 0 Å². The Morgan fingerprint density at radius 1 is 1.50 bits per heavy atom. The second-order valence-corrected chi connectivity index (χ2v) is 4.28. The molecule has 0 bridgehead atoms. The molecular weight excluding hydrogens is 178 g/mol. The van der Waals surface area contributed by atoms with Crippen molar-refractivity contribution in [3.63, 3.8) is 0 Å². The number of hydrogen-bond acceptors (Lipinski definition) is 4. The Bertz CT molecular complexity index is 302. The lowest BCUT2D eigenvalue weighted by Crippen LogP contribution is -2.47. The third-order valence-electron chi connectivity index (χ3n) is 2.85. The standard InChI is InChI=1S/C9H19N5/c1-9(2,13(3)4)8(10)7-6-11-14(5)12-7/h6,8H,10H2,1-5H3. The largest absolute Gasteiger partial charge is 0.321 e. The number of hydrogen-bond donors (Lipinski definition) is 1. The molecule has 5 nitrogen and oxygen atoms in total. The Kier molecular flexibility index (Phi) is 2.92. The van der Waals surface area contributed by atoms with E-state index >= 15 is 0 Å². The lowest BCUT2D eigenvalue weighted by Gasteiger charge is -2.36. The van der Waals surface area contributed by atoms with Crippen molar-refractivity contribution in [1.82, 2.24) is 19.9 Å². The van der Waals surface area contributed by atoms with Crippen LogP contribution in [0.25, 0.3) is 0 Å². The van der Waals surface area contributed by atoms with Crippen molar-refractivity contribution in [3.8, 4) is 0 Å². The summed E-state index contributed by atoms with van der Waals surface area (Å²) in [6.45, 7) is 4.18. The fraction of sp³-hybridized carbons (Fsp3) is 0.778. The second kappa shape index (κ2) is 3.67. The molecule has 1 unspecified atom stereocenters.